The predicted octanol–water partition coefficient (Wildman–Crippen LogP) is 4.07. The van der Waals surface area contributed by atoms with Gasteiger partial charge in [0.2, 0.25) is 0 Å². The second-order valence-electron chi connectivity index (χ2n) is 7.71. The molecular formula is C18H34O4. The molecule has 4 nitrogen and oxygen atoms in total. The smallest absolute Gasteiger partial charge is 0.323 e. The van der Waals surface area contributed by atoms with Crippen LogP contribution in [0.15, 0.2) is 0 Å². The highest BCUT2D eigenvalue weighted by atomic mass is 16.6. The summed E-state index contributed by atoms with van der Waals surface area (Å²) in [5.74, 6) is -0.397. The average molecular weight is 314 g/mol. The minimum atomic E-state index is -1.21. The molecule has 0 heterocycles. The van der Waals surface area contributed by atoms with Gasteiger partial charge in [0.05, 0.1) is 13.2 Å². The molecule has 0 aliphatic heterocycles. The van der Waals surface area contributed by atoms with Crippen molar-refractivity contribution in [3.8, 4) is 0 Å². The van der Waals surface area contributed by atoms with Crippen molar-refractivity contribution in [2.45, 2.75) is 61.8 Å². The van der Waals surface area contributed by atoms with Gasteiger partial charge in [0, 0.05) is 0 Å². The van der Waals surface area contributed by atoms with Crippen molar-refractivity contribution in [1.82, 2.24) is 0 Å². The highest BCUT2D eigenvalue weighted by molar-refractivity contribution is 6.00. The van der Waals surface area contributed by atoms with Crippen LogP contribution in [0.4, 0.5) is 0 Å². The Morgan fingerprint density at radius 2 is 1.09 bits per heavy atom. The lowest BCUT2D eigenvalue weighted by molar-refractivity contribution is -0.179. The molecule has 0 saturated carbocycles. The fourth-order valence-corrected chi connectivity index (χ4v) is 2.34. The van der Waals surface area contributed by atoms with E-state index in [0.717, 1.165) is 0 Å². The summed E-state index contributed by atoms with van der Waals surface area (Å²) in [6, 6.07) is 0. The zero-order valence-electron chi connectivity index (χ0n) is 15.6. The van der Waals surface area contributed by atoms with Crippen LogP contribution in [-0.4, -0.2) is 25.2 Å². The van der Waals surface area contributed by atoms with Crippen LogP contribution >= 0.6 is 0 Å². The van der Waals surface area contributed by atoms with Crippen molar-refractivity contribution in [3.63, 3.8) is 0 Å². The SMILES string of the molecule is CC(C)COC(=O)C(CC(C)C)(C(=O)OCC(C)C)C(C)C. The molecule has 0 unspecified atom stereocenters. The molecule has 0 atom stereocenters. The zero-order valence-corrected chi connectivity index (χ0v) is 15.6. The van der Waals surface area contributed by atoms with Crippen LogP contribution in [0.5, 0.6) is 0 Å². The Kier molecular flexibility index (Phi) is 8.72. The Morgan fingerprint density at radius 3 is 1.32 bits per heavy atom. The maximum atomic E-state index is 12.7. The van der Waals surface area contributed by atoms with E-state index in [1.165, 1.54) is 0 Å². The van der Waals surface area contributed by atoms with Crippen LogP contribution in [0.3, 0.4) is 0 Å². The molecule has 130 valence electrons. The van der Waals surface area contributed by atoms with Gasteiger partial charge in [0.25, 0.3) is 0 Å². The molecule has 0 aromatic rings. The van der Waals surface area contributed by atoms with Gasteiger partial charge in [0.15, 0.2) is 5.41 Å². The van der Waals surface area contributed by atoms with E-state index in [1.807, 2.05) is 55.4 Å². The van der Waals surface area contributed by atoms with Gasteiger partial charge in [-0.3, -0.25) is 9.59 Å². The van der Waals surface area contributed by atoms with Gasteiger partial charge >= 0.3 is 11.9 Å². The summed E-state index contributed by atoms with van der Waals surface area (Å²) >= 11 is 0. The van der Waals surface area contributed by atoms with E-state index >= 15 is 0 Å². The fraction of sp³-hybridized carbons (Fsp3) is 0.889. The molecule has 22 heavy (non-hydrogen) atoms. The summed E-state index contributed by atoms with van der Waals surface area (Å²) in [6.45, 7) is 16.3. The third kappa shape index (κ3) is 5.98. The molecule has 0 aliphatic carbocycles. The molecule has 0 rings (SSSR count). The van der Waals surface area contributed by atoms with Crippen molar-refractivity contribution >= 4 is 11.9 Å². The van der Waals surface area contributed by atoms with Gasteiger partial charge in [-0.1, -0.05) is 55.4 Å². The molecule has 0 amide bonds. The summed E-state index contributed by atoms with van der Waals surface area (Å²) in [5.41, 5.74) is -1.21. The molecule has 0 spiro atoms. The first kappa shape index (κ1) is 20.9. The van der Waals surface area contributed by atoms with E-state index in [9.17, 15) is 9.59 Å². The van der Waals surface area contributed by atoms with Crippen LogP contribution in [0.25, 0.3) is 0 Å². The molecule has 4 heteroatoms. The molecular weight excluding hydrogens is 280 g/mol. The second-order valence-corrected chi connectivity index (χ2v) is 7.71. The molecule has 0 aliphatic rings. The average Bonchev–Trinajstić information content (AvgIpc) is 2.38. The summed E-state index contributed by atoms with van der Waals surface area (Å²) in [5, 5.41) is 0. The first-order valence-corrected chi connectivity index (χ1v) is 8.38. The quantitative estimate of drug-likeness (QED) is 0.475. The number of hydrogen-bond acceptors (Lipinski definition) is 4. The highest BCUT2D eigenvalue weighted by Crippen LogP contribution is 2.38. The fourth-order valence-electron chi connectivity index (χ4n) is 2.34. The van der Waals surface area contributed by atoms with E-state index in [1.54, 1.807) is 0 Å². The number of carbonyl (C=O) groups excluding carboxylic acids is 2. The molecule has 0 saturated heterocycles. The third-order valence-corrected chi connectivity index (χ3v) is 3.54. The summed E-state index contributed by atoms with van der Waals surface area (Å²) < 4.78 is 10.8. The normalized spacial score (nSPS) is 12.4. The topological polar surface area (TPSA) is 52.6 Å². The predicted molar refractivity (Wildman–Crippen MR) is 88.3 cm³/mol. The van der Waals surface area contributed by atoms with Crippen molar-refractivity contribution in [2.75, 3.05) is 13.2 Å². The molecule has 0 N–H and O–H groups in total. The van der Waals surface area contributed by atoms with Gasteiger partial charge < -0.3 is 9.47 Å². The van der Waals surface area contributed by atoms with Crippen LogP contribution in [0, 0.1) is 29.1 Å². The minimum Gasteiger partial charge on any atom is -0.465 e. The lowest BCUT2D eigenvalue weighted by Gasteiger charge is -2.34. The maximum Gasteiger partial charge on any atom is 0.323 e. The summed E-state index contributed by atoms with van der Waals surface area (Å²) in [6.07, 6.45) is 0.443. The van der Waals surface area contributed by atoms with E-state index in [4.69, 9.17) is 9.47 Å². The van der Waals surface area contributed by atoms with Gasteiger partial charge in [0.1, 0.15) is 0 Å². The van der Waals surface area contributed by atoms with Gasteiger partial charge in [-0.05, 0) is 30.1 Å². The molecule has 0 aromatic carbocycles. The van der Waals surface area contributed by atoms with E-state index < -0.39 is 17.4 Å². The number of carbonyl (C=O) groups is 2. The lowest BCUT2D eigenvalue weighted by Crippen LogP contribution is -2.47. The Hall–Kier alpha value is -1.06. The number of esters is 2. The summed E-state index contributed by atoms with van der Waals surface area (Å²) in [4.78, 5) is 25.4. The van der Waals surface area contributed by atoms with E-state index in [-0.39, 0.29) is 23.7 Å². The number of ether oxygens (including phenoxy) is 2. The van der Waals surface area contributed by atoms with Crippen LogP contribution in [0.1, 0.15) is 61.8 Å². The first-order chi connectivity index (χ1) is 10.0. The Labute approximate surface area is 135 Å². The summed E-state index contributed by atoms with van der Waals surface area (Å²) in [7, 11) is 0. The standard InChI is InChI=1S/C18H34O4/c1-12(2)9-18(15(7)8,16(19)21-10-13(3)4)17(20)22-11-14(5)6/h12-15H,9-11H2,1-8H3. The highest BCUT2D eigenvalue weighted by Gasteiger charge is 2.51. The lowest BCUT2D eigenvalue weighted by atomic mass is 9.71. The van der Waals surface area contributed by atoms with E-state index in [0.29, 0.717) is 19.6 Å². The first-order valence-electron chi connectivity index (χ1n) is 8.38. The molecule has 0 radical (unpaired) electrons. The molecule has 0 bridgehead atoms. The van der Waals surface area contributed by atoms with Gasteiger partial charge in [-0.25, -0.2) is 0 Å². The Bertz CT molecular complexity index is 332. The van der Waals surface area contributed by atoms with Crippen molar-refractivity contribution < 1.29 is 19.1 Å². The van der Waals surface area contributed by atoms with E-state index in [2.05, 4.69) is 0 Å². The zero-order chi connectivity index (χ0) is 17.5. The van der Waals surface area contributed by atoms with Gasteiger partial charge in [-0.15, -0.1) is 0 Å². The van der Waals surface area contributed by atoms with Crippen LogP contribution in [-0.2, 0) is 19.1 Å². The Balaban J connectivity index is 5.40. The third-order valence-electron chi connectivity index (χ3n) is 3.54. The minimum absolute atomic E-state index is 0.172. The monoisotopic (exact) mass is 314 g/mol. The van der Waals surface area contributed by atoms with Gasteiger partial charge in [-0.2, -0.15) is 0 Å². The Morgan fingerprint density at radius 1 is 0.727 bits per heavy atom. The van der Waals surface area contributed by atoms with Crippen molar-refractivity contribution in [3.05, 3.63) is 0 Å². The van der Waals surface area contributed by atoms with Crippen molar-refractivity contribution in [2.24, 2.45) is 29.1 Å². The second kappa shape index (κ2) is 9.16. The van der Waals surface area contributed by atoms with Crippen LogP contribution < -0.4 is 0 Å². The van der Waals surface area contributed by atoms with Crippen molar-refractivity contribution in [1.29, 1.82) is 0 Å². The molecule has 0 aromatic heterocycles. The number of hydrogen-bond donors (Lipinski definition) is 0. The largest absolute Gasteiger partial charge is 0.465 e. The molecule has 0 fully saturated rings. The maximum absolute atomic E-state index is 12.7. The van der Waals surface area contributed by atoms with Crippen LogP contribution in [0.2, 0.25) is 0 Å². The number of rotatable bonds is 9.